The summed E-state index contributed by atoms with van der Waals surface area (Å²) in [4.78, 5) is 16.3. The normalized spacial score (nSPS) is 11.6. The molecule has 3 aromatic rings. The van der Waals surface area contributed by atoms with E-state index in [0.717, 1.165) is 0 Å². The molecule has 1 amide bonds. The molecule has 3 rings (SSSR count). The van der Waals surface area contributed by atoms with Crippen molar-refractivity contribution in [2.24, 2.45) is 0 Å². The molecule has 0 aliphatic rings. The Balaban J connectivity index is 1.53. The van der Waals surface area contributed by atoms with Crippen molar-refractivity contribution in [1.82, 2.24) is 10.3 Å². The maximum Gasteiger partial charge on any atom is 0.261 e. The zero-order valence-corrected chi connectivity index (χ0v) is 18.1. The maximum atomic E-state index is 12.4. The second-order valence-electron chi connectivity index (χ2n) is 6.61. The van der Waals surface area contributed by atoms with Crippen LogP contribution in [-0.4, -0.2) is 40.0 Å². The molecule has 1 heterocycles. The first-order valence-corrected chi connectivity index (χ1v) is 12.5. The summed E-state index contributed by atoms with van der Waals surface area (Å²) in [6.45, 7) is 0.175. The van der Waals surface area contributed by atoms with Gasteiger partial charge in [0.15, 0.2) is 9.84 Å². The fraction of sp³-hybridized carbons (Fsp3) is 0.143. The van der Waals surface area contributed by atoms with E-state index in [9.17, 15) is 21.6 Å². The van der Waals surface area contributed by atoms with Gasteiger partial charge in [-0.05, 0) is 55.0 Å². The second kappa shape index (κ2) is 9.71. The van der Waals surface area contributed by atoms with E-state index in [2.05, 4.69) is 15.0 Å². The van der Waals surface area contributed by atoms with Crippen LogP contribution in [0.2, 0.25) is 0 Å². The lowest BCUT2D eigenvalue weighted by Crippen LogP contribution is -2.26. The van der Waals surface area contributed by atoms with Gasteiger partial charge >= 0.3 is 0 Å². The summed E-state index contributed by atoms with van der Waals surface area (Å²) < 4.78 is 51.7. The van der Waals surface area contributed by atoms with Crippen LogP contribution in [0.3, 0.4) is 0 Å². The molecule has 162 valence electrons. The predicted octanol–water partition coefficient (Wildman–Crippen LogP) is 2.48. The van der Waals surface area contributed by atoms with Gasteiger partial charge in [0.25, 0.3) is 15.9 Å². The van der Waals surface area contributed by atoms with Crippen molar-refractivity contribution in [3.8, 4) is 0 Å². The van der Waals surface area contributed by atoms with Crippen LogP contribution in [0.5, 0.6) is 0 Å². The average Bonchev–Trinajstić information content (AvgIpc) is 2.78. The Bertz CT molecular complexity index is 1230. The molecule has 8 nitrogen and oxygen atoms in total. The fourth-order valence-corrected chi connectivity index (χ4v) is 5.12. The minimum Gasteiger partial charge on any atom is -0.352 e. The Morgan fingerprint density at radius 3 is 2.10 bits per heavy atom. The van der Waals surface area contributed by atoms with Gasteiger partial charge in [0.2, 0.25) is 0 Å². The number of hydrogen-bond acceptors (Lipinski definition) is 6. The number of sulfone groups is 1. The highest BCUT2D eigenvalue weighted by Crippen LogP contribution is 2.16. The van der Waals surface area contributed by atoms with Crippen molar-refractivity contribution in [2.75, 3.05) is 17.0 Å². The van der Waals surface area contributed by atoms with Gasteiger partial charge in [-0.15, -0.1) is 0 Å². The molecule has 0 aliphatic heterocycles. The van der Waals surface area contributed by atoms with Crippen molar-refractivity contribution in [3.05, 3.63) is 84.7 Å². The van der Waals surface area contributed by atoms with Crippen molar-refractivity contribution >= 4 is 31.5 Å². The summed E-state index contributed by atoms with van der Waals surface area (Å²) in [5.41, 5.74) is 0.649. The molecule has 0 radical (unpaired) electrons. The van der Waals surface area contributed by atoms with E-state index in [1.165, 1.54) is 60.9 Å². The van der Waals surface area contributed by atoms with E-state index in [0.29, 0.717) is 5.69 Å². The predicted molar refractivity (Wildman–Crippen MR) is 117 cm³/mol. The summed E-state index contributed by atoms with van der Waals surface area (Å²) in [6, 6.07) is 16.6. The molecular formula is C21H21N3O5S2. The first-order chi connectivity index (χ1) is 14.8. The largest absolute Gasteiger partial charge is 0.352 e. The van der Waals surface area contributed by atoms with Crippen LogP contribution in [0.25, 0.3) is 0 Å². The molecule has 2 N–H and O–H groups in total. The third kappa shape index (κ3) is 6.12. The number of hydrogen-bond donors (Lipinski definition) is 2. The van der Waals surface area contributed by atoms with E-state index >= 15 is 0 Å². The number of amides is 1. The topological polar surface area (TPSA) is 122 Å². The van der Waals surface area contributed by atoms with E-state index in [-0.39, 0.29) is 34.1 Å². The van der Waals surface area contributed by atoms with Crippen LogP contribution in [0.15, 0.2) is 88.9 Å². The Morgan fingerprint density at radius 1 is 0.806 bits per heavy atom. The van der Waals surface area contributed by atoms with Gasteiger partial charge in [-0.1, -0.05) is 18.2 Å². The van der Waals surface area contributed by atoms with Crippen LogP contribution in [0.4, 0.5) is 5.69 Å². The zero-order chi connectivity index (χ0) is 22.3. The van der Waals surface area contributed by atoms with Gasteiger partial charge in [0.05, 0.1) is 21.2 Å². The van der Waals surface area contributed by atoms with Gasteiger partial charge in [-0.2, -0.15) is 0 Å². The molecule has 0 saturated carbocycles. The Kier molecular flexibility index (Phi) is 7.03. The lowest BCUT2D eigenvalue weighted by atomic mass is 10.2. The second-order valence-corrected chi connectivity index (χ2v) is 10.4. The minimum absolute atomic E-state index is 0.00909. The number of benzene rings is 2. The number of carbonyl (C=O) groups is 1. The average molecular weight is 460 g/mol. The third-order valence-electron chi connectivity index (χ3n) is 4.34. The monoisotopic (exact) mass is 459 g/mol. The quantitative estimate of drug-likeness (QED) is 0.474. The molecular weight excluding hydrogens is 438 g/mol. The van der Waals surface area contributed by atoms with E-state index in [1.807, 2.05) is 0 Å². The maximum absolute atomic E-state index is 12.4. The highest BCUT2D eigenvalue weighted by molar-refractivity contribution is 7.92. The van der Waals surface area contributed by atoms with E-state index < -0.39 is 25.8 Å². The van der Waals surface area contributed by atoms with Gasteiger partial charge in [-0.3, -0.25) is 14.5 Å². The van der Waals surface area contributed by atoms with E-state index in [4.69, 9.17) is 0 Å². The fourth-order valence-electron chi connectivity index (χ4n) is 2.73. The molecule has 0 saturated heterocycles. The standard InChI is InChI=1S/C21H21N3O5S2/c25-21(23-13-4-16-30(26,27)19-5-2-1-3-6-19)17-7-9-20(10-8-17)31(28,29)24-18-11-14-22-15-12-18/h1-3,5-12,14-15H,4,13,16H2,(H,22,24)(H,23,25). The highest BCUT2D eigenvalue weighted by atomic mass is 32.2. The Hall–Kier alpha value is -3.24. The molecule has 2 aromatic carbocycles. The number of sulfonamides is 1. The van der Waals surface area contributed by atoms with Gasteiger partial charge in [0.1, 0.15) is 0 Å². The minimum atomic E-state index is -3.80. The number of aromatic nitrogens is 1. The lowest BCUT2D eigenvalue weighted by molar-refractivity contribution is 0.0953. The Morgan fingerprint density at radius 2 is 1.45 bits per heavy atom. The van der Waals surface area contributed by atoms with Gasteiger partial charge in [0, 0.05) is 24.5 Å². The SMILES string of the molecule is O=C(NCCCS(=O)(=O)c1ccccc1)c1ccc(S(=O)(=O)Nc2ccncc2)cc1. The van der Waals surface area contributed by atoms with Gasteiger partial charge < -0.3 is 5.32 Å². The molecule has 0 spiro atoms. The molecule has 10 heteroatoms. The lowest BCUT2D eigenvalue weighted by Gasteiger charge is -2.09. The molecule has 0 aliphatic carbocycles. The van der Waals surface area contributed by atoms with Gasteiger partial charge in [-0.25, -0.2) is 16.8 Å². The third-order valence-corrected chi connectivity index (χ3v) is 7.55. The van der Waals surface area contributed by atoms with Crippen LogP contribution >= 0.6 is 0 Å². The summed E-state index contributed by atoms with van der Waals surface area (Å²) in [6.07, 6.45) is 3.19. The number of nitrogens with one attached hydrogen (secondary N) is 2. The number of pyridine rings is 1. The molecule has 31 heavy (non-hydrogen) atoms. The van der Waals surface area contributed by atoms with Crippen molar-refractivity contribution in [1.29, 1.82) is 0 Å². The van der Waals surface area contributed by atoms with Crippen LogP contribution < -0.4 is 10.0 Å². The van der Waals surface area contributed by atoms with E-state index in [1.54, 1.807) is 18.2 Å². The highest BCUT2D eigenvalue weighted by Gasteiger charge is 2.16. The van der Waals surface area contributed by atoms with Crippen molar-refractivity contribution in [3.63, 3.8) is 0 Å². The summed E-state index contributed by atoms with van der Waals surface area (Å²) >= 11 is 0. The molecule has 0 fully saturated rings. The molecule has 0 unspecified atom stereocenters. The first kappa shape index (κ1) is 22.4. The number of nitrogens with zero attached hydrogens (tertiary/aromatic N) is 1. The van der Waals surface area contributed by atoms with Crippen molar-refractivity contribution in [2.45, 2.75) is 16.2 Å². The van der Waals surface area contributed by atoms with Crippen LogP contribution in [0, 0.1) is 0 Å². The summed E-state index contributed by atoms with van der Waals surface area (Å²) in [5, 5.41) is 2.65. The number of anilines is 1. The smallest absolute Gasteiger partial charge is 0.261 e. The van der Waals surface area contributed by atoms with Crippen LogP contribution in [-0.2, 0) is 19.9 Å². The molecule has 0 atom stereocenters. The zero-order valence-electron chi connectivity index (χ0n) is 16.4. The molecule has 0 bridgehead atoms. The first-order valence-electron chi connectivity index (χ1n) is 9.37. The summed E-state index contributed by atoms with van der Waals surface area (Å²) in [7, 11) is -7.20. The van der Waals surface area contributed by atoms with Crippen molar-refractivity contribution < 1.29 is 21.6 Å². The summed E-state index contributed by atoms with van der Waals surface area (Å²) in [5.74, 6) is -0.502. The molecule has 1 aromatic heterocycles. The van der Waals surface area contributed by atoms with Crippen LogP contribution in [0.1, 0.15) is 16.8 Å². The number of carbonyl (C=O) groups excluding carboxylic acids is 1. The Labute approximate surface area is 181 Å². The number of rotatable bonds is 9.